The molecule has 0 aliphatic heterocycles. The Morgan fingerprint density at radius 1 is 1.05 bits per heavy atom. The molecule has 2 aromatic carbocycles. The van der Waals surface area contributed by atoms with E-state index in [0.29, 0.717) is 5.69 Å². The van der Waals surface area contributed by atoms with E-state index in [1.165, 1.54) is 25.3 Å². The van der Waals surface area contributed by atoms with Gasteiger partial charge >= 0.3 is 5.97 Å². The lowest BCUT2D eigenvalue weighted by molar-refractivity contribution is -0.138. The van der Waals surface area contributed by atoms with Crippen molar-refractivity contribution < 1.29 is 17.9 Å². The number of carbonyl (C=O) groups excluding carboxylic acids is 1. The van der Waals surface area contributed by atoms with Crippen LogP contribution in [0.4, 0.5) is 5.69 Å². The average molecular weight is 305 g/mol. The molecule has 21 heavy (non-hydrogen) atoms. The Bertz CT molecular complexity index is 726. The third-order valence-electron chi connectivity index (χ3n) is 2.88. The summed E-state index contributed by atoms with van der Waals surface area (Å²) in [5, 5.41) is 2.79. The van der Waals surface area contributed by atoms with Crippen LogP contribution in [0.5, 0.6) is 0 Å². The van der Waals surface area contributed by atoms with Crippen LogP contribution in [0.1, 0.15) is 0 Å². The first-order valence-electron chi connectivity index (χ1n) is 6.25. The number of methoxy groups -OCH3 is 1. The second-order valence-corrected chi connectivity index (χ2v) is 6.16. The van der Waals surface area contributed by atoms with E-state index in [1.807, 2.05) is 0 Å². The lowest BCUT2D eigenvalue weighted by Gasteiger charge is -2.11. The van der Waals surface area contributed by atoms with Crippen molar-refractivity contribution >= 4 is 21.5 Å². The topological polar surface area (TPSA) is 72.5 Å². The number of carbonyl (C=O) groups is 1. The van der Waals surface area contributed by atoms with Gasteiger partial charge in [0.2, 0.25) is 9.84 Å². The average Bonchev–Trinajstić information content (AvgIpc) is 2.53. The van der Waals surface area contributed by atoms with Crippen LogP contribution in [0.2, 0.25) is 0 Å². The SMILES string of the molecule is COC(=O)CNc1ccccc1S(=O)(=O)c1ccccc1. The van der Waals surface area contributed by atoms with Crippen LogP contribution in [-0.2, 0) is 19.4 Å². The van der Waals surface area contributed by atoms with E-state index >= 15 is 0 Å². The molecule has 0 unspecified atom stereocenters. The van der Waals surface area contributed by atoms with Gasteiger partial charge in [0, 0.05) is 0 Å². The minimum Gasteiger partial charge on any atom is -0.468 e. The van der Waals surface area contributed by atoms with Crippen LogP contribution in [-0.4, -0.2) is 28.0 Å². The van der Waals surface area contributed by atoms with Crippen LogP contribution < -0.4 is 5.32 Å². The molecule has 0 heterocycles. The number of hydrogen-bond donors (Lipinski definition) is 1. The summed E-state index contributed by atoms with van der Waals surface area (Å²) in [4.78, 5) is 11.5. The van der Waals surface area contributed by atoms with Gasteiger partial charge in [0.15, 0.2) is 0 Å². The summed E-state index contributed by atoms with van der Waals surface area (Å²) in [7, 11) is -2.36. The van der Waals surface area contributed by atoms with Crippen molar-refractivity contribution in [2.75, 3.05) is 19.0 Å². The monoisotopic (exact) mass is 305 g/mol. The third-order valence-corrected chi connectivity index (χ3v) is 4.71. The fraction of sp³-hybridized carbons (Fsp3) is 0.133. The van der Waals surface area contributed by atoms with Crippen LogP contribution >= 0.6 is 0 Å². The van der Waals surface area contributed by atoms with Crippen LogP contribution in [0, 0.1) is 0 Å². The maximum absolute atomic E-state index is 12.6. The highest BCUT2D eigenvalue weighted by molar-refractivity contribution is 7.91. The molecule has 0 spiro atoms. The van der Waals surface area contributed by atoms with Gasteiger partial charge in [-0.1, -0.05) is 30.3 Å². The highest BCUT2D eigenvalue weighted by Gasteiger charge is 2.20. The number of nitrogens with one attached hydrogen (secondary N) is 1. The fourth-order valence-electron chi connectivity index (χ4n) is 1.81. The van der Waals surface area contributed by atoms with Crippen LogP contribution in [0.25, 0.3) is 0 Å². The predicted molar refractivity (Wildman–Crippen MR) is 78.8 cm³/mol. The van der Waals surface area contributed by atoms with Gasteiger partial charge in [-0.15, -0.1) is 0 Å². The quantitative estimate of drug-likeness (QED) is 0.857. The molecule has 0 atom stereocenters. The highest BCUT2D eigenvalue weighted by Crippen LogP contribution is 2.27. The van der Waals surface area contributed by atoms with E-state index in [-0.39, 0.29) is 16.3 Å². The maximum atomic E-state index is 12.6. The van der Waals surface area contributed by atoms with Gasteiger partial charge in [-0.05, 0) is 24.3 Å². The number of anilines is 1. The molecule has 0 aliphatic rings. The Kier molecular flexibility index (Phi) is 4.59. The van der Waals surface area contributed by atoms with E-state index < -0.39 is 15.8 Å². The van der Waals surface area contributed by atoms with Crippen LogP contribution in [0.3, 0.4) is 0 Å². The first kappa shape index (κ1) is 15.1. The summed E-state index contributed by atoms with van der Waals surface area (Å²) in [6, 6.07) is 14.6. The second-order valence-electron chi connectivity index (χ2n) is 4.24. The smallest absolute Gasteiger partial charge is 0.325 e. The Hall–Kier alpha value is -2.34. The molecule has 110 valence electrons. The van der Waals surface area contributed by atoms with Crippen molar-refractivity contribution in [3.63, 3.8) is 0 Å². The number of rotatable bonds is 5. The predicted octanol–water partition coefficient (Wildman–Crippen LogP) is 2.10. The molecule has 0 saturated carbocycles. The second kappa shape index (κ2) is 6.41. The van der Waals surface area contributed by atoms with Gasteiger partial charge in [0.05, 0.1) is 22.6 Å². The van der Waals surface area contributed by atoms with Crippen molar-refractivity contribution in [2.24, 2.45) is 0 Å². The fourth-order valence-corrected chi connectivity index (χ4v) is 3.27. The molecule has 0 aromatic heterocycles. The number of para-hydroxylation sites is 1. The molecular formula is C15H15NO4S. The minimum absolute atomic E-state index is 0.0994. The molecular weight excluding hydrogens is 290 g/mol. The van der Waals surface area contributed by atoms with Gasteiger partial charge in [0.25, 0.3) is 0 Å². The summed E-state index contributed by atoms with van der Waals surface area (Å²) in [5.74, 6) is -0.470. The van der Waals surface area contributed by atoms with Crippen LogP contribution in [0.15, 0.2) is 64.4 Å². The van der Waals surface area contributed by atoms with Gasteiger partial charge in [-0.3, -0.25) is 4.79 Å². The summed E-state index contributed by atoms with van der Waals surface area (Å²) in [6.07, 6.45) is 0. The van der Waals surface area contributed by atoms with Gasteiger partial charge < -0.3 is 10.1 Å². The van der Waals surface area contributed by atoms with E-state index in [1.54, 1.807) is 36.4 Å². The first-order chi connectivity index (χ1) is 10.1. The zero-order valence-electron chi connectivity index (χ0n) is 11.4. The lowest BCUT2D eigenvalue weighted by Crippen LogP contribution is -2.16. The normalized spacial score (nSPS) is 10.9. The van der Waals surface area contributed by atoms with Crippen molar-refractivity contribution in [1.29, 1.82) is 0 Å². The Labute approximate surface area is 123 Å². The van der Waals surface area contributed by atoms with Gasteiger partial charge in [-0.25, -0.2) is 8.42 Å². The van der Waals surface area contributed by atoms with Crippen molar-refractivity contribution in [2.45, 2.75) is 9.79 Å². The molecule has 0 aliphatic carbocycles. The standard InChI is InChI=1S/C15H15NO4S/c1-20-15(17)11-16-13-9-5-6-10-14(13)21(18,19)12-7-3-2-4-8-12/h2-10,16H,11H2,1H3. The summed E-state index contributed by atoms with van der Waals surface area (Å²) in [5.41, 5.74) is 0.367. The van der Waals surface area contributed by atoms with E-state index in [0.717, 1.165) is 0 Å². The minimum atomic E-state index is -3.64. The highest BCUT2D eigenvalue weighted by atomic mass is 32.2. The lowest BCUT2D eigenvalue weighted by atomic mass is 10.3. The number of esters is 1. The molecule has 6 heteroatoms. The molecule has 0 radical (unpaired) electrons. The molecule has 0 amide bonds. The van der Waals surface area contributed by atoms with Crippen molar-refractivity contribution in [3.8, 4) is 0 Å². The van der Waals surface area contributed by atoms with E-state index in [9.17, 15) is 13.2 Å². The maximum Gasteiger partial charge on any atom is 0.325 e. The largest absolute Gasteiger partial charge is 0.468 e. The number of hydrogen-bond acceptors (Lipinski definition) is 5. The number of benzene rings is 2. The van der Waals surface area contributed by atoms with E-state index in [4.69, 9.17) is 0 Å². The summed E-state index contributed by atoms with van der Waals surface area (Å²) < 4.78 is 29.8. The Morgan fingerprint density at radius 3 is 2.33 bits per heavy atom. The first-order valence-corrected chi connectivity index (χ1v) is 7.74. The number of sulfone groups is 1. The zero-order valence-corrected chi connectivity index (χ0v) is 12.3. The van der Waals surface area contributed by atoms with Gasteiger partial charge in [0.1, 0.15) is 6.54 Å². The third kappa shape index (κ3) is 3.41. The summed E-state index contributed by atoms with van der Waals surface area (Å²) in [6.45, 7) is -0.0994. The van der Waals surface area contributed by atoms with Crippen molar-refractivity contribution in [3.05, 3.63) is 54.6 Å². The van der Waals surface area contributed by atoms with Gasteiger partial charge in [-0.2, -0.15) is 0 Å². The summed E-state index contributed by atoms with van der Waals surface area (Å²) >= 11 is 0. The van der Waals surface area contributed by atoms with Crippen molar-refractivity contribution in [1.82, 2.24) is 0 Å². The van der Waals surface area contributed by atoms with E-state index in [2.05, 4.69) is 10.1 Å². The molecule has 5 nitrogen and oxygen atoms in total. The molecule has 0 saturated heterocycles. The molecule has 1 N–H and O–H groups in total. The Balaban J connectivity index is 2.38. The number of ether oxygens (including phenoxy) is 1. The zero-order chi connectivity index (χ0) is 15.3. The molecule has 2 rings (SSSR count). The molecule has 0 bridgehead atoms. The Morgan fingerprint density at radius 2 is 1.67 bits per heavy atom. The molecule has 2 aromatic rings. The molecule has 0 fully saturated rings.